The van der Waals surface area contributed by atoms with Crippen molar-refractivity contribution in [3.8, 4) is 0 Å². The lowest BCUT2D eigenvalue weighted by Crippen LogP contribution is -2.49. The van der Waals surface area contributed by atoms with Gasteiger partial charge < -0.3 is 5.32 Å². The summed E-state index contributed by atoms with van der Waals surface area (Å²) in [4.78, 5) is 0. The number of hydrogen-bond acceptors (Lipinski definition) is 3. The third-order valence-electron chi connectivity index (χ3n) is 4.21. The van der Waals surface area contributed by atoms with Crippen molar-refractivity contribution in [2.75, 3.05) is 32.7 Å². The largest absolute Gasteiger partial charge is 0.314 e. The Kier molecular flexibility index (Phi) is 6.22. The highest BCUT2D eigenvalue weighted by atomic mass is 32.2. The third kappa shape index (κ3) is 4.77. The molecular formula is C15H29N3O2S. The third-order valence-corrected chi connectivity index (χ3v) is 6.18. The van der Waals surface area contributed by atoms with Gasteiger partial charge in [-0.05, 0) is 44.6 Å². The topological polar surface area (TPSA) is 52.7 Å². The van der Waals surface area contributed by atoms with E-state index in [0.717, 1.165) is 25.8 Å². The molecular weight excluding hydrogens is 286 g/mol. The van der Waals surface area contributed by atoms with Crippen molar-refractivity contribution in [1.29, 1.82) is 0 Å². The molecule has 122 valence electrons. The van der Waals surface area contributed by atoms with E-state index in [9.17, 15) is 8.42 Å². The van der Waals surface area contributed by atoms with Crippen LogP contribution in [0.5, 0.6) is 0 Å². The van der Waals surface area contributed by atoms with Gasteiger partial charge in [0.1, 0.15) is 0 Å². The first-order valence-corrected chi connectivity index (χ1v) is 9.57. The van der Waals surface area contributed by atoms with Crippen molar-refractivity contribution < 1.29 is 8.42 Å². The van der Waals surface area contributed by atoms with Gasteiger partial charge >= 0.3 is 0 Å². The van der Waals surface area contributed by atoms with E-state index in [4.69, 9.17) is 0 Å². The molecule has 0 bridgehead atoms. The van der Waals surface area contributed by atoms with Gasteiger partial charge in [-0.2, -0.15) is 17.0 Å². The summed E-state index contributed by atoms with van der Waals surface area (Å²) in [6.45, 7) is 8.90. The van der Waals surface area contributed by atoms with Crippen molar-refractivity contribution in [3.63, 3.8) is 0 Å². The summed E-state index contributed by atoms with van der Waals surface area (Å²) in [5.74, 6) is 0.446. The standard InChI is InChI=1S/C15H29N3O2S/c1-3-9-17(10-4-2)21(19,20)18-11-5-6-14(13-18)12-16-15-7-8-15/h3,14-16H,1,4-13H2,2H3. The summed E-state index contributed by atoms with van der Waals surface area (Å²) >= 11 is 0. The fourth-order valence-electron chi connectivity index (χ4n) is 2.88. The Balaban J connectivity index is 1.94. The molecule has 2 rings (SSSR count). The lowest BCUT2D eigenvalue weighted by Gasteiger charge is -2.35. The molecule has 6 heteroatoms. The maximum Gasteiger partial charge on any atom is 0.282 e. The van der Waals surface area contributed by atoms with Crippen LogP contribution in [0, 0.1) is 5.92 Å². The zero-order valence-electron chi connectivity index (χ0n) is 13.1. The second kappa shape index (κ2) is 7.72. The summed E-state index contributed by atoms with van der Waals surface area (Å²) in [6.07, 6.45) is 7.14. The number of rotatable bonds is 9. The molecule has 1 aliphatic carbocycles. The van der Waals surface area contributed by atoms with Gasteiger partial charge in [-0.1, -0.05) is 13.0 Å². The molecule has 0 aromatic rings. The Labute approximate surface area is 129 Å². The number of nitrogens with zero attached hydrogens (tertiary/aromatic N) is 2. The van der Waals surface area contributed by atoms with Crippen LogP contribution in [-0.4, -0.2) is 55.8 Å². The molecule has 0 amide bonds. The van der Waals surface area contributed by atoms with Crippen LogP contribution in [0.1, 0.15) is 39.0 Å². The van der Waals surface area contributed by atoms with Crippen LogP contribution in [0.3, 0.4) is 0 Å². The molecule has 0 aromatic heterocycles. The fourth-order valence-corrected chi connectivity index (χ4v) is 4.67. The average Bonchev–Trinajstić information content (AvgIpc) is 3.29. The summed E-state index contributed by atoms with van der Waals surface area (Å²) in [5.41, 5.74) is 0. The second-order valence-electron chi connectivity index (χ2n) is 6.20. The van der Waals surface area contributed by atoms with Crippen LogP contribution in [0.25, 0.3) is 0 Å². The van der Waals surface area contributed by atoms with E-state index in [0.29, 0.717) is 38.1 Å². The highest BCUT2D eigenvalue weighted by molar-refractivity contribution is 7.86. The Morgan fingerprint density at radius 1 is 1.38 bits per heavy atom. The van der Waals surface area contributed by atoms with Crippen LogP contribution in [0.4, 0.5) is 0 Å². The lowest BCUT2D eigenvalue weighted by molar-refractivity contribution is 0.243. The molecule has 1 aliphatic heterocycles. The van der Waals surface area contributed by atoms with Gasteiger partial charge in [0.05, 0.1) is 0 Å². The first-order valence-electron chi connectivity index (χ1n) is 8.17. The molecule has 1 unspecified atom stereocenters. The van der Waals surface area contributed by atoms with Crippen molar-refractivity contribution in [3.05, 3.63) is 12.7 Å². The zero-order chi connectivity index (χ0) is 15.3. The molecule has 2 fully saturated rings. The molecule has 1 atom stereocenters. The van der Waals surface area contributed by atoms with Crippen LogP contribution in [-0.2, 0) is 10.2 Å². The maximum absolute atomic E-state index is 12.7. The van der Waals surface area contributed by atoms with E-state index in [1.54, 1.807) is 14.7 Å². The SMILES string of the molecule is C=CCN(CCC)S(=O)(=O)N1CCCC(CNC2CC2)C1. The Morgan fingerprint density at radius 3 is 2.76 bits per heavy atom. The van der Waals surface area contributed by atoms with E-state index in [1.165, 1.54) is 12.8 Å². The van der Waals surface area contributed by atoms with Gasteiger partial charge in [-0.25, -0.2) is 0 Å². The minimum absolute atomic E-state index is 0.400. The van der Waals surface area contributed by atoms with E-state index in [1.807, 2.05) is 6.92 Å². The van der Waals surface area contributed by atoms with Crippen molar-refractivity contribution in [2.45, 2.75) is 45.1 Å². The smallest absolute Gasteiger partial charge is 0.282 e. The quantitative estimate of drug-likeness (QED) is 0.658. The zero-order valence-corrected chi connectivity index (χ0v) is 13.9. The van der Waals surface area contributed by atoms with Gasteiger partial charge in [-0.15, -0.1) is 6.58 Å². The minimum atomic E-state index is -3.34. The van der Waals surface area contributed by atoms with Crippen molar-refractivity contribution >= 4 is 10.2 Å². The second-order valence-corrected chi connectivity index (χ2v) is 8.13. The highest BCUT2D eigenvalue weighted by Gasteiger charge is 2.33. The van der Waals surface area contributed by atoms with Gasteiger partial charge in [-0.3, -0.25) is 0 Å². The predicted octanol–water partition coefficient (Wildman–Crippen LogP) is 1.59. The highest BCUT2D eigenvalue weighted by Crippen LogP contribution is 2.23. The van der Waals surface area contributed by atoms with Gasteiger partial charge in [0.15, 0.2) is 0 Å². The molecule has 2 aliphatic rings. The molecule has 1 saturated carbocycles. The van der Waals surface area contributed by atoms with Gasteiger partial charge in [0.2, 0.25) is 0 Å². The first-order chi connectivity index (χ1) is 10.1. The van der Waals surface area contributed by atoms with Crippen LogP contribution < -0.4 is 5.32 Å². The molecule has 0 radical (unpaired) electrons. The predicted molar refractivity (Wildman–Crippen MR) is 86.3 cm³/mol. The van der Waals surface area contributed by atoms with Crippen LogP contribution >= 0.6 is 0 Å². The Bertz CT molecular complexity index is 434. The number of piperidine rings is 1. The lowest BCUT2D eigenvalue weighted by atomic mass is 10.00. The van der Waals surface area contributed by atoms with Crippen LogP contribution in [0.2, 0.25) is 0 Å². The number of hydrogen-bond donors (Lipinski definition) is 1. The first kappa shape index (κ1) is 16.9. The van der Waals surface area contributed by atoms with E-state index in [-0.39, 0.29) is 0 Å². The Hall–Kier alpha value is -0.430. The normalized spacial score (nSPS) is 24.4. The number of nitrogens with one attached hydrogen (secondary N) is 1. The molecule has 1 saturated heterocycles. The average molecular weight is 315 g/mol. The summed E-state index contributed by atoms with van der Waals surface area (Å²) < 4.78 is 28.7. The van der Waals surface area contributed by atoms with Crippen molar-refractivity contribution in [2.24, 2.45) is 5.92 Å². The van der Waals surface area contributed by atoms with Gasteiger partial charge in [0.25, 0.3) is 10.2 Å². The van der Waals surface area contributed by atoms with E-state index < -0.39 is 10.2 Å². The summed E-state index contributed by atoms with van der Waals surface area (Å²) in [5, 5.41) is 3.53. The van der Waals surface area contributed by atoms with Gasteiger partial charge in [0, 0.05) is 32.2 Å². The molecule has 0 spiro atoms. The monoisotopic (exact) mass is 315 g/mol. The summed E-state index contributed by atoms with van der Waals surface area (Å²) in [6, 6.07) is 0.689. The van der Waals surface area contributed by atoms with E-state index in [2.05, 4.69) is 11.9 Å². The van der Waals surface area contributed by atoms with Crippen LogP contribution in [0.15, 0.2) is 12.7 Å². The molecule has 1 N–H and O–H groups in total. The molecule has 1 heterocycles. The maximum atomic E-state index is 12.7. The fraction of sp³-hybridized carbons (Fsp3) is 0.867. The minimum Gasteiger partial charge on any atom is -0.314 e. The molecule has 5 nitrogen and oxygen atoms in total. The Morgan fingerprint density at radius 2 is 2.14 bits per heavy atom. The van der Waals surface area contributed by atoms with E-state index >= 15 is 0 Å². The summed E-state index contributed by atoms with van der Waals surface area (Å²) in [7, 11) is -3.34. The molecule has 21 heavy (non-hydrogen) atoms. The van der Waals surface area contributed by atoms with Crippen molar-refractivity contribution in [1.82, 2.24) is 13.9 Å². The molecule has 0 aromatic carbocycles.